The molecule has 0 saturated carbocycles. The Morgan fingerprint density at radius 3 is 2.26 bits per heavy atom. The standard InChI is InChI=1S/C14H9Br3F2/c1-7-4-10(13(19)6-12(7)18)14(17)9-3-2-8(15)5-11(9)16/h2-6,14H,1H3. The van der Waals surface area contributed by atoms with Gasteiger partial charge >= 0.3 is 0 Å². The van der Waals surface area contributed by atoms with Gasteiger partial charge in [0.15, 0.2) is 0 Å². The largest absolute Gasteiger partial charge is 0.207 e. The Kier molecular flexibility index (Phi) is 4.79. The molecule has 0 radical (unpaired) electrons. The zero-order chi connectivity index (χ0) is 14.2. The van der Waals surface area contributed by atoms with Gasteiger partial charge in [-0.15, -0.1) is 0 Å². The molecule has 0 aromatic heterocycles. The summed E-state index contributed by atoms with van der Waals surface area (Å²) in [7, 11) is 0. The quantitative estimate of drug-likeness (QED) is 0.468. The van der Waals surface area contributed by atoms with E-state index in [0.29, 0.717) is 11.1 Å². The smallest absolute Gasteiger partial charge is 0.130 e. The minimum absolute atomic E-state index is 0.339. The predicted octanol–water partition coefficient (Wildman–Crippen LogP) is 6.28. The normalized spacial score (nSPS) is 12.5. The Hall–Kier alpha value is -0.260. The van der Waals surface area contributed by atoms with E-state index in [9.17, 15) is 8.78 Å². The van der Waals surface area contributed by atoms with Crippen LogP contribution in [-0.2, 0) is 0 Å². The molecular weight excluding hydrogens is 446 g/mol. The molecule has 0 N–H and O–H groups in total. The third-order valence-corrected chi connectivity index (χ3v) is 4.95. The average molecular weight is 455 g/mol. The summed E-state index contributed by atoms with van der Waals surface area (Å²) in [5, 5.41) is 0. The Balaban J connectivity index is 2.49. The first-order valence-corrected chi connectivity index (χ1v) is 7.95. The van der Waals surface area contributed by atoms with Crippen LogP contribution in [0.3, 0.4) is 0 Å². The number of hydrogen-bond donors (Lipinski definition) is 0. The lowest BCUT2D eigenvalue weighted by atomic mass is 10.0. The van der Waals surface area contributed by atoms with Crippen molar-refractivity contribution in [2.24, 2.45) is 0 Å². The van der Waals surface area contributed by atoms with Crippen LogP contribution in [0, 0.1) is 18.6 Å². The fourth-order valence-electron chi connectivity index (χ4n) is 1.75. The van der Waals surface area contributed by atoms with Crippen LogP contribution in [-0.4, -0.2) is 0 Å². The number of halogens is 5. The van der Waals surface area contributed by atoms with Crippen molar-refractivity contribution in [2.75, 3.05) is 0 Å². The van der Waals surface area contributed by atoms with Crippen LogP contribution in [0.1, 0.15) is 21.5 Å². The van der Waals surface area contributed by atoms with E-state index < -0.39 is 11.6 Å². The van der Waals surface area contributed by atoms with Crippen molar-refractivity contribution in [2.45, 2.75) is 11.8 Å². The second-order valence-corrected chi connectivity index (χ2v) is 6.84. The summed E-state index contributed by atoms with van der Waals surface area (Å²) in [6, 6.07) is 8.09. The van der Waals surface area contributed by atoms with E-state index in [1.807, 2.05) is 18.2 Å². The van der Waals surface area contributed by atoms with E-state index in [2.05, 4.69) is 47.8 Å². The average Bonchev–Trinajstić information content (AvgIpc) is 2.33. The number of alkyl halides is 1. The minimum atomic E-state index is -0.556. The highest BCUT2D eigenvalue weighted by atomic mass is 79.9. The number of aryl methyl sites for hydroxylation is 1. The van der Waals surface area contributed by atoms with E-state index in [0.717, 1.165) is 20.6 Å². The van der Waals surface area contributed by atoms with Crippen LogP contribution in [0.15, 0.2) is 39.3 Å². The molecule has 2 aromatic rings. The number of benzene rings is 2. The first-order valence-electron chi connectivity index (χ1n) is 5.44. The molecule has 1 atom stereocenters. The zero-order valence-corrected chi connectivity index (χ0v) is 14.6. The van der Waals surface area contributed by atoms with Crippen molar-refractivity contribution in [3.63, 3.8) is 0 Å². The summed E-state index contributed by atoms with van der Waals surface area (Å²) in [5.74, 6) is -1.09. The molecule has 2 aromatic carbocycles. The van der Waals surface area contributed by atoms with Crippen LogP contribution in [0.5, 0.6) is 0 Å². The van der Waals surface area contributed by atoms with Gasteiger partial charge in [-0.3, -0.25) is 0 Å². The molecule has 0 heterocycles. The summed E-state index contributed by atoms with van der Waals surface area (Å²) in [6.07, 6.45) is 0. The zero-order valence-electron chi connectivity index (χ0n) is 9.85. The third-order valence-electron chi connectivity index (χ3n) is 2.79. The Morgan fingerprint density at radius 1 is 0.947 bits per heavy atom. The van der Waals surface area contributed by atoms with Crippen molar-refractivity contribution in [1.29, 1.82) is 0 Å². The topological polar surface area (TPSA) is 0 Å². The molecular formula is C14H9Br3F2. The molecule has 5 heteroatoms. The van der Waals surface area contributed by atoms with Crippen LogP contribution < -0.4 is 0 Å². The predicted molar refractivity (Wildman–Crippen MR) is 83.7 cm³/mol. The van der Waals surface area contributed by atoms with Gasteiger partial charge in [-0.25, -0.2) is 8.78 Å². The third kappa shape index (κ3) is 3.26. The molecule has 0 fully saturated rings. The second kappa shape index (κ2) is 6.02. The van der Waals surface area contributed by atoms with E-state index >= 15 is 0 Å². The Morgan fingerprint density at radius 2 is 1.63 bits per heavy atom. The highest BCUT2D eigenvalue weighted by Gasteiger charge is 2.19. The van der Waals surface area contributed by atoms with Crippen molar-refractivity contribution >= 4 is 47.8 Å². The maximum atomic E-state index is 13.9. The van der Waals surface area contributed by atoms with Gasteiger partial charge in [-0.05, 0) is 36.2 Å². The summed E-state index contributed by atoms with van der Waals surface area (Å²) in [5.41, 5.74) is 1.73. The molecule has 19 heavy (non-hydrogen) atoms. The second-order valence-electron chi connectivity index (χ2n) is 4.15. The van der Waals surface area contributed by atoms with Gasteiger partial charge in [0.2, 0.25) is 0 Å². The van der Waals surface area contributed by atoms with Gasteiger partial charge in [-0.2, -0.15) is 0 Å². The van der Waals surface area contributed by atoms with Crippen molar-refractivity contribution in [3.05, 3.63) is 67.6 Å². The first-order chi connectivity index (χ1) is 8.90. The van der Waals surface area contributed by atoms with Crippen LogP contribution in [0.2, 0.25) is 0 Å². The summed E-state index contributed by atoms with van der Waals surface area (Å²) >= 11 is 10.3. The molecule has 100 valence electrons. The molecule has 0 bridgehead atoms. The molecule has 0 nitrogen and oxygen atoms in total. The van der Waals surface area contributed by atoms with Crippen molar-refractivity contribution in [1.82, 2.24) is 0 Å². The van der Waals surface area contributed by atoms with Crippen molar-refractivity contribution in [3.8, 4) is 0 Å². The fraction of sp³-hybridized carbons (Fsp3) is 0.143. The van der Waals surface area contributed by atoms with Gasteiger partial charge in [0.25, 0.3) is 0 Å². The van der Waals surface area contributed by atoms with Gasteiger partial charge in [0.05, 0.1) is 4.83 Å². The molecule has 0 aliphatic rings. The number of hydrogen-bond acceptors (Lipinski definition) is 0. The summed E-state index contributed by atoms with van der Waals surface area (Å²) < 4.78 is 29.0. The highest BCUT2D eigenvalue weighted by molar-refractivity contribution is 9.11. The van der Waals surface area contributed by atoms with Gasteiger partial charge < -0.3 is 0 Å². The van der Waals surface area contributed by atoms with Crippen LogP contribution >= 0.6 is 47.8 Å². The molecule has 0 aliphatic heterocycles. The fourth-order valence-corrected chi connectivity index (χ4v) is 4.08. The molecule has 0 saturated heterocycles. The van der Waals surface area contributed by atoms with E-state index in [4.69, 9.17) is 0 Å². The van der Waals surface area contributed by atoms with Crippen molar-refractivity contribution < 1.29 is 8.78 Å². The maximum Gasteiger partial charge on any atom is 0.130 e. The lowest BCUT2D eigenvalue weighted by molar-refractivity contribution is 0.569. The van der Waals surface area contributed by atoms with Crippen LogP contribution in [0.25, 0.3) is 0 Å². The van der Waals surface area contributed by atoms with Crippen LogP contribution in [0.4, 0.5) is 8.78 Å². The molecule has 0 spiro atoms. The lowest BCUT2D eigenvalue weighted by Gasteiger charge is -2.15. The SMILES string of the molecule is Cc1cc(C(Br)c2ccc(Br)cc2Br)c(F)cc1F. The number of rotatable bonds is 2. The molecule has 0 amide bonds. The van der Waals surface area contributed by atoms with E-state index in [1.165, 1.54) is 6.07 Å². The molecule has 2 rings (SSSR count). The van der Waals surface area contributed by atoms with Gasteiger partial charge in [0.1, 0.15) is 11.6 Å². The minimum Gasteiger partial charge on any atom is -0.207 e. The maximum absolute atomic E-state index is 13.9. The highest BCUT2D eigenvalue weighted by Crippen LogP contribution is 2.38. The van der Waals surface area contributed by atoms with Gasteiger partial charge in [-0.1, -0.05) is 53.9 Å². The summed E-state index contributed by atoms with van der Waals surface area (Å²) in [4.78, 5) is -0.339. The monoisotopic (exact) mass is 452 g/mol. The lowest BCUT2D eigenvalue weighted by Crippen LogP contribution is -2.00. The molecule has 0 aliphatic carbocycles. The molecule has 1 unspecified atom stereocenters. The first kappa shape index (κ1) is 15.1. The summed E-state index contributed by atoms with van der Waals surface area (Å²) in [6.45, 7) is 1.62. The van der Waals surface area contributed by atoms with Gasteiger partial charge in [0, 0.05) is 20.6 Å². The van der Waals surface area contributed by atoms with E-state index in [1.54, 1.807) is 6.92 Å². The Labute approximate surface area is 135 Å². The Bertz CT molecular complexity index is 626. The van der Waals surface area contributed by atoms with E-state index in [-0.39, 0.29) is 4.83 Å².